The van der Waals surface area contributed by atoms with Crippen molar-refractivity contribution in [3.05, 3.63) is 85.0 Å². The van der Waals surface area contributed by atoms with Crippen LogP contribution in [-0.4, -0.2) is 6.79 Å². The molecule has 2 heteroatoms. The molecule has 0 aliphatic carbocycles. The van der Waals surface area contributed by atoms with Crippen LogP contribution in [0.4, 0.5) is 0 Å². The quantitative estimate of drug-likeness (QED) is 0.555. The number of benzene rings is 2. The zero-order valence-electron chi connectivity index (χ0n) is 9.45. The lowest BCUT2D eigenvalue weighted by Gasteiger charge is -2.04. The Morgan fingerprint density at radius 2 is 1.06 bits per heavy atom. The van der Waals surface area contributed by atoms with Gasteiger partial charge >= 0.3 is 0 Å². The molecular formula is C15H14O2. The van der Waals surface area contributed by atoms with E-state index < -0.39 is 0 Å². The minimum Gasteiger partial charge on any atom is -0.344 e. The predicted molar refractivity (Wildman–Crippen MR) is 66.7 cm³/mol. The van der Waals surface area contributed by atoms with Crippen molar-refractivity contribution >= 4 is 0 Å². The maximum atomic E-state index is 5.26. The highest BCUT2D eigenvalue weighted by atomic mass is 16.7. The van der Waals surface area contributed by atoms with E-state index in [0.717, 1.165) is 11.1 Å². The van der Waals surface area contributed by atoms with Gasteiger partial charge in [-0.2, -0.15) is 0 Å². The molecule has 0 amide bonds. The summed E-state index contributed by atoms with van der Waals surface area (Å²) in [5.41, 5.74) is 2.05. The average molecular weight is 226 g/mol. The number of hydrogen-bond donors (Lipinski definition) is 0. The molecule has 0 bridgehead atoms. The molecular weight excluding hydrogens is 212 g/mol. The zero-order valence-corrected chi connectivity index (χ0v) is 9.45. The SMILES string of the molecule is [CH](OCO[CH]c1ccccc1)c1ccccc1. The molecule has 0 saturated carbocycles. The zero-order chi connectivity index (χ0) is 11.8. The second-order valence-corrected chi connectivity index (χ2v) is 3.51. The number of ether oxygens (including phenoxy) is 2. The molecule has 17 heavy (non-hydrogen) atoms. The first-order valence-electron chi connectivity index (χ1n) is 5.45. The van der Waals surface area contributed by atoms with Crippen molar-refractivity contribution < 1.29 is 9.47 Å². The third-order valence-electron chi connectivity index (χ3n) is 2.17. The maximum absolute atomic E-state index is 5.26. The number of rotatable bonds is 6. The molecule has 2 nitrogen and oxygen atoms in total. The van der Waals surface area contributed by atoms with Crippen LogP contribution >= 0.6 is 0 Å². The molecule has 2 radical (unpaired) electrons. The third-order valence-corrected chi connectivity index (χ3v) is 2.17. The van der Waals surface area contributed by atoms with Crippen LogP contribution in [0.15, 0.2) is 60.7 Å². The molecule has 0 N–H and O–H groups in total. The van der Waals surface area contributed by atoms with E-state index in [-0.39, 0.29) is 6.79 Å². The Balaban J connectivity index is 1.61. The lowest BCUT2D eigenvalue weighted by Crippen LogP contribution is -1.97. The average Bonchev–Trinajstić information content (AvgIpc) is 2.41. The van der Waals surface area contributed by atoms with Gasteiger partial charge < -0.3 is 9.47 Å². The van der Waals surface area contributed by atoms with Crippen molar-refractivity contribution in [3.63, 3.8) is 0 Å². The summed E-state index contributed by atoms with van der Waals surface area (Å²) in [6.07, 6.45) is 0. The van der Waals surface area contributed by atoms with Gasteiger partial charge in [-0.05, 0) is 11.1 Å². The van der Waals surface area contributed by atoms with Gasteiger partial charge in [0.2, 0.25) is 0 Å². The largest absolute Gasteiger partial charge is 0.344 e. The van der Waals surface area contributed by atoms with Crippen LogP contribution in [0.3, 0.4) is 0 Å². The smallest absolute Gasteiger partial charge is 0.148 e. The Morgan fingerprint density at radius 3 is 1.47 bits per heavy atom. The lowest BCUT2D eigenvalue weighted by atomic mass is 10.2. The van der Waals surface area contributed by atoms with Crippen molar-refractivity contribution in [3.8, 4) is 0 Å². The Labute approximate surface area is 102 Å². The Hall–Kier alpha value is -1.64. The van der Waals surface area contributed by atoms with Crippen LogP contribution < -0.4 is 0 Å². The summed E-state index contributed by atoms with van der Waals surface area (Å²) in [4.78, 5) is 0. The first-order chi connectivity index (χ1) is 8.45. The van der Waals surface area contributed by atoms with Gasteiger partial charge in [0.1, 0.15) is 20.0 Å². The van der Waals surface area contributed by atoms with E-state index in [2.05, 4.69) is 0 Å². The minimum absolute atomic E-state index is 0.212. The molecule has 2 aromatic carbocycles. The van der Waals surface area contributed by atoms with E-state index in [4.69, 9.17) is 9.47 Å². The van der Waals surface area contributed by atoms with Gasteiger partial charge in [-0.3, -0.25) is 0 Å². The standard InChI is InChI=1S/C15H14O2/c1-3-7-14(8-4-1)11-16-13-17-12-15-9-5-2-6-10-15/h1-12H,13H2. The summed E-state index contributed by atoms with van der Waals surface area (Å²) in [5.74, 6) is 0. The van der Waals surface area contributed by atoms with Crippen molar-refractivity contribution in [2.24, 2.45) is 0 Å². The molecule has 2 rings (SSSR count). The molecule has 86 valence electrons. The van der Waals surface area contributed by atoms with Gasteiger partial charge in [0.15, 0.2) is 0 Å². The van der Waals surface area contributed by atoms with Crippen molar-refractivity contribution in [1.82, 2.24) is 0 Å². The normalized spacial score (nSPS) is 10.4. The van der Waals surface area contributed by atoms with Gasteiger partial charge in [-0.25, -0.2) is 0 Å². The molecule has 0 aliphatic rings. The Kier molecular flexibility index (Phi) is 4.76. The number of hydrogen-bond acceptors (Lipinski definition) is 2. The van der Waals surface area contributed by atoms with E-state index in [1.54, 1.807) is 13.2 Å². The fraction of sp³-hybridized carbons (Fsp3) is 0.0667. The molecule has 2 aromatic rings. The highest BCUT2D eigenvalue weighted by molar-refractivity contribution is 5.20. The second kappa shape index (κ2) is 6.84. The van der Waals surface area contributed by atoms with E-state index in [1.165, 1.54) is 0 Å². The maximum Gasteiger partial charge on any atom is 0.148 e. The highest BCUT2D eigenvalue weighted by Gasteiger charge is 1.94. The molecule has 0 atom stereocenters. The van der Waals surface area contributed by atoms with E-state index in [9.17, 15) is 0 Å². The summed E-state index contributed by atoms with van der Waals surface area (Å²) < 4.78 is 10.5. The second-order valence-electron chi connectivity index (χ2n) is 3.51. The van der Waals surface area contributed by atoms with Crippen LogP contribution in [0.25, 0.3) is 0 Å². The lowest BCUT2D eigenvalue weighted by molar-refractivity contribution is 0.0122. The summed E-state index contributed by atoms with van der Waals surface area (Å²) in [5, 5.41) is 0. The topological polar surface area (TPSA) is 18.5 Å². The van der Waals surface area contributed by atoms with Crippen LogP contribution in [0.1, 0.15) is 11.1 Å². The van der Waals surface area contributed by atoms with Crippen LogP contribution in [-0.2, 0) is 9.47 Å². The van der Waals surface area contributed by atoms with Gasteiger partial charge in [0.25, 0.3) is 0 Å². The van der Waals surface area contributed by atoms with Crippen molar-refractivity contribution in [2.75, 3.05) is 6.79 Å². The van der Waals surface area contributed by atoms with Gasteiger partial charge in [0, 0.05) is 0 Å². The van der Waals surface area contributed by atoms with Crippen LogP contribution in [0.5, 0.6) is 0 Å². The van der Waals surface area contributed by atoms with Gasteiger partial charge in [-0.1, -0.05) is 60.7 Å². The van der Waals surface area contributed by atoms with E-state index >= 15 is 0 Å². The first kappa shape index (κ1) is 11.8. The van der Waals surface area contributed by atoms with Crippen LogP contribution in [0.2, 0.25) is 0 Å². The Bertz CT molecular complexity index is 370. The molecule has 0 aromatic heterocycles. The predicted octanol–water partition coefficient (Wildman–Crippen LogP) is 3.40. The monoisotopic (exact) mass is 226 g/mol. The van der Waals surface area contributed by atoms with E-state index in [1.807, 2.05) is 60.7 Å². The minimum atomic E-state index is 0.212. The first-order valence-corrected chi connectivity index (χ1v) is 5.45. The summed E-state index contributed by atoms with van der Waals surface area (Å²) >= 11 is 0. The fourth-order valence-electron chi connectivity index (χ4n) is 1.36. The van der Waals surface area contributed by atoms with Crippen molar-refractivity contribution in [2.45, 2.75) is 0 Å². The summed E-state index contributed by atoms with van der Waals surface area (Å²) in [6, 6.07) is 19.7. The summed E-state index contributed by atoms with van der Waals surface area (Å²) in [7, 11) is 0. The molecule has 0 heterocycles. The fourth-order valence-corrected chi connectivity index (χ4v) is 1.36. The molecule has 0 aliphatic heterocycles. The molecule has 0 unspecified atom stereocenters. The van der Waals surface area contributed by atoms with Crippen LogP contribution in [0, 0.1) is 13.2 Å². The van der Waals surface area contributed by atoms with Gasteiger partial charge in [0.05, 0.1) is 0 Å². The summed E-state index contributed by atoms with van der Waals surface area (Å²) in [6.45, 7) is 3.57. The van der Waals surface area contributed by atoms with Crippen molar-refractivity contribution in [1.29, 1.82) is 0 Å². The van der Waals surface area contributed by atoms with E-state index in [0.29, 0.717) is 0 Å². The highest BCUT2D eigenvalue weighted by Crippen LogP contribution is 2.05. The Morgan fingerprint density at radius 1 is 0.647 bits per heavy atom. The van der Waals surface area contributed by atoms with Gasteiger partial charge in [-0.15, -0.1) is 0 Å². The molecule has 0 fully saturated rings. The molecule has 0 saturated heterocycles. The third kappa shape index (κ3) is 4.39. The molecule has 0 spiro atoms.